The van der Waals surface area contributed by atoms with Crippen molar-refractivity contribution in [3.05, 3.63) is 23.8 Å². The first-order valence-corrected chi connectivity index (χ1v) is 7.72. The Labute approximate surface area is 128 Å². The van der Waals surface area contributed by atoms with E-state index in [1.54, 1.807) is 0 Å². The van der Waals surface area contributed by atoms with E-state index in [2.05, 4.69) is 4.74 Å². The molecule has 0 radical (unpaired) electrons. The number of hydrogen-bond acceptors (Lipinski definition) is 3. The van der Waals surface area contributed by atoms with E-state index in [1.807, 2.05) is 0 Å². The maximum atomic E-state index is 12.4. The van der Waals surface area contributed by atoms with Crippen molar-refractivity contribution in [1.29, 1.82) is 0 Å². The van der Waals surface area contributed by atoms with Crippen LogP contribution in [0.1, 0.15) is 19.4 Å². The second-order valence-electron chi connectivity index (χ2n) is 4.56. The van der Waals surface area contributed by atoms with Crippen LogP contribution in [0.4, 0.5) is 26.3 Å². The number of sulfonamides is 1. The van der Waals surface area contributed by atoms with Gasteiger partial charge in [0, 0.05) is 6.07 Å². The fourth-order valence-corrected chi connectivity index (χ4v) is 2.83. The first kappa shape index (κ1) is 19.6. The molecule has 0 heterocycles. The number of hydrogen-bond donors (Lipinski definition) is 1. The average Bonchev–Trinajstić information content (AvgIpc) is 2.35. The molecule has 0 aliphatic heterocycles. The van der Waals surface area contributed by atoms with Gasteiger partial charge in [0.25, 0.3) is 0 Å². The van der Waals surface area contributed by atoms with Gasteiger partial charge >= 0.3 is 12.5 Å². The van der Waals surface area contributed by atoms with Gasteiger partial charge in [-0.1, -0.05) is 13.0 Å². The number of alkyl halides is 6. The molecule has 11 heteroatoms. The Kier molecular flexibility index (Phi) is 5.57. The largest absolute Gasteiger partial charge is 0.573 e. The molecule has 1 rings (SSSR count). The zero-order chi connectivity index (χ0) is 18.1. The van der Waals surface area contributed by atoms with Crippen molar-refractivity contribution in [2.75, 3.05) is 0 Å². The quantitative estimate of drug-likeness (QED) is 0.814. The van der Waals surface area contributed by atoms with Gasteiger partial charge in [0.2, 0.25) is 10.0 Å². The molecular formula is C12H13F6NO3S. The lowest BCUT2D eigenvalue weighted by Crippen LogP contribution is -2.42. The van der Waals surface area contributed by atoms with Crippen LogP contribution in [0.5, 0.6) is 5.75 Å². The highest BCUT2D eigenvalue weighted by molar-refractivity contribution is 7.89. The van der Waals surface area contributed by atoms with E-state index in [0.29, 0.717) is 13.0 Å². The Bertz CT molecular complexity index is 654. The molecule has 1 N–H and O–H groups in total. The summed E-state index contributed by atoms with van der Waals surface area (Å²) >= 11 is 0. The van der Waals surface area contributed by atoms with Gasteiger partial charge in [-0.2, -0.15) is 17.9 Å². The highest BCUT2D eigenvalue weighted by atomic mass is 32.2. The molecule has 23 heavy (non-hydrogen) atoms. The van der Waals surface area contributed by atoms with Gasteiger partial charge in [-0.15, -0.1) is 13.2 Å². The third-order valence-corrected chi connectivity index (χ3v) is 4.32. The molecule has 0 saturated carbocycles. The van der Waals surface area contributed by atoms with Crippen LogP contribution >= 0.6 is 0 Å². The van der Waals surface area contributed by atoms with Crippen LogP contribution in [0.25, 0.3) is 0 Å². The van der Waals surface area contributed by atoms with E-state index >= 15 is 0 Å². The lowest BCUT2D eigenvalue weighted by molar-refractivity contribution is -0.275. The summed E-state index contributed by atoms with van der Waals surface area (Å²) < 4.78 is 103. The second kappa shape index (κ2) is 6.56. The molecule has 1 aromatic carbocycles. The van der Waals surface area contributed by atoms with Crippen molar-refractivity contribution < 1.29 is 39.5 Å². The van der Waals surface area contributed by atoms with E-state index < -0.39 is 39.2 Å². The van der Waals surface area contributed by atoms with Crippen molar-refractivity contribution >= 4 is 10.0 Å². The van der Waals surface area contributed by atoms with Gasteiger partial charge in [-0.3, -0.25) is 0 Å². The Morgan fingerprint density at radius 3 is 2.17 bits per heavy atom. The molecule has 0 saturated heterocycles. The minimum Gasteiger partial charge on any atom is -0.405 e. The minimum absolute atomic E-state index is 0.0603. The van der Waals surface area contributed by atoms with Crippen molar-refractivity contribution in [2.24, 2.45) is 0 Å². The van der Waals surface area contributed by atoms with Gasteiger partial charge in [-0.25, -0.2) is 8.42 Å². The zero-order valence-electron chi connectivity index (χ0n) is 11.9. The standard InChI is InChI=1S/C12H13F6NO3S/c1-3-8-4-5-9(6-10(8)22-12(16,17)18)23(20,21)19-7(2)11(13,14)15/h4-7,19H,3H2,1-2H3/t7-/m0/s1. The van der Waals surface area contributed by atoms with Crippen LogP contribution in [0.3, 0.4) is 0 Å². The topological polar surface area (TPSA) is 55.4 Å². The summed E-state index contributed by atoms with van der Waals surface area (Å²) in [6.45, 7) is 2.09. The minimum atomic E-state index is -5.06. The first-order chi connectivity index (χ1) is 10.3. The van der Waals surface area contributed by atoms with Crippen molar-refractivity contribution in [3.63, 3.8) is 0 Å². The fourth-order valence-electron chi connectivity index (χ4n) is 1.58. The normalized spacial score (nSPS) is 14.6. The van der Waals surface area contributed by atoms with E-state index in [9.17, 15) is 34.8 Å². The maximum absolute atomic E-state index is 12.4. The summed E-state index contributed by atoms with van der Waals surface area (Å²) in [5, 5.41) is 0. The first-order valence-electron chi connectivity index (χ1n) is 6.24. The lowest BCUT2D eigenvalue weighted by atomic mass is 10.1. The molecule has 0 bridgehead atoms. The number of aryl methyl sites for hydroxylation is 1. The van der Waals surface area contributed by atoms with E-state index in [0.717, 1.165) is 12.1 Å². The molecule has 1 aromatic rings. The molecule has 0 aliphatic carbocycles. The maximum Gasteiger partial charge on any atom is 0.573 e. The molecule has 0 fully saturated rings. The zero-order valence-corrected chi connectivity index (χ0v) is 12.7. The molecular weight excluding hydrogens is 352 g/mol. The van der Waals surface area contributed by atoms with Crippen LogP contribution in [0.15, 0.2) is 23.1 Å². The van der Waals surface area contributed by atoms with Crippen LogP contribution in [0, 0.1) is 0 Å². The number of halogens is 6. The van der Waals surface area contributed by atoms with Gasteiger partial charge in [-0.05, 0) is 25.0 Å². The van der Waals surface area contributed by atoms with Crippen LogP contribution in [-0.2, 0) is 16.4 Å². The number of ether oxygens (including phenoxy) is 1. The van der Waals surface area contributed by atoms with E-state index in [1.165, 1.54) is 11.6 Å². The Hall–Kier alpha value is -1.49. The molecule has 132 valence electrons. The number of benzene rings is 1. The molecule has 0 aromatic heterocycles. The molecule has 0 amide bonds. The van der Waals surface area contributed by atoms with Gasteiger partial charge < -0.3 is 4.74 Å². The fraction of sp³-hybridized carbons (Fsp3) is 0.500. The number of rotatable bonds is 5. The SMILES string of the molecule is CCc1ccc(S(=O)(=O)N[C@@H](C)C(F)(F)F)cc1OC(F)(F)F. The van der Waals surface area contributed by atoms with Gasteiger partial charge in [0.05, 0.1) is 4.90 Å². The monoisotopic (exact) mass is 365 g/mol. The smallest absolute Gasteiger partial charge is 0.405 e. The summed E-state index contributed by atoms with van der Waals surface area (Å²) in [4.78, 5) is -0.759. The molecule has 0 unspecified atom stereocenters. The van der Waals surface area contributed by atoms with Gasteiger partial charge in [0.15, 0.2) is 0 Å². The highest BCUT2D eigenvalue weighted by Gasteiger charge is 2.39. The summed E-state index contributed by atoms with van der Waals surface area (Å²) in [6, 6.07) is 0.101. The predicted octanol–water partition coefficient (Wildman–Crippen LogP) is 3.38. The summed E-state index contributed by atoms with van der Waals surface area (Å²) in [5.74, 6) is -0.775. The Balaban J connectivity index is 3.20. The van der Waals surface area contributed by atoms with E-state index in [4.69, 9.17) is 0 Å². The summed E-state index contributed by atoms with van der Waals surface area (Å²) in [5.41, 5.74) is 0.0603. The van der Waals surface area contributed by atoms with Crippen molar-refractivity contribution in [1.82, 2.24) is 4.72 Å². The van der Waals surface area contributed by atoms with Crippen LogP contribution in [0.2, 0.25) is 0 Å². The third kappa shape index (κ3) is 5.57. The number of nitrogens with one attached hydrogen (secondary N) is 1. The van der Waals surface area contributed by atoms with Crippen molar-refractivity contribution in [3.8, 4) is 5.75 Å². The molecule has 1 atom stereocenters. The third-order valence-electron chi connectivity index (χ3n) is 2.78. The lowest BCUT2D eigenvalue weighted by Gasteiger charge is -2.18. The second-order valence-corrected chi connectivity index (χ2v) is 6.27. The van der Waals surface area contributed by atoms with Crippen LogP contribution in [-0.4, -0.2) is 27.0 Å². The summed E-state index contributed by atoms with van der Waals surface area (Å²) in [7, 11) is -4.66. The Morgan fingerprint density at radius 2 is 1.74 bits per heavy atom. The predicted molar refractivity (Wildman–Crippen MR) is 68.3 cm³/mol. The molecule has 0 aliphatic rings. The van der Waals surface area contributed by atoms with Crippen LogP contribution < -0.4 is 9.46 Å². The highest BCUT2D eigenvalue weighted by Crippen LogP contribution is 2.30. The van der Waals surface area contributed by atoms with Gasteiger partial charge in [0.1, 0.15) is 11.8 Å². The van der Waals surface area contributed by atoms with E-state index in [-0.39, 0.29) is 12.0 Å². The summed E-state index contributed by atoms with van der Waals surface area (Å²) in [6.07, 6.45) is -9.78. The molecule has 4 nitrogen and oxygen atoms in total. The van der Waals surface area contributed by atoms with Crippen molar-refractivity contribution in [2.45, 2.75) is 43.7 Å². The Morgan fingerprint density at radius 1 is 1.17 bits per heavy atom. The average molecular weight is 365 g/mol. The molecule has 0 spiro atoms.